The molecule has 2 fully saturated rings. The topological polar surface area (TPSA) is 58.4 Å². The van der Waals surface area contributed by atoms with Gasteiger partial charge in [-0.05, 0) is 57.0 Å². The predicted octanol–water partition coefficient (Wildman–Crippen LogP) is 2.15. The zero-order valence-electron chi connectivity index (χ0n) is 15.8. The smallest absolute Gasteiger partial charge is 0.266 e. The van der Waals surface area contributed by atoms with Gasteiger partial charge in [0.1, 0.15) is 0 Å². The van der Waals surface area contributed by atoms with Crippen LogP contribution in [0.1, 0.15) is 36.0 Å². The van der Waals surface area contributed by atoms with Crippen LogP contribution in [-0.2, 0) is 7.05 Å². The van der Waals surface area contributed by atoms with Crippen molar-refractivity contribution in [2.24, 2.45) is 7.05 Å². The van der Waals surface area contributed by atoms with Gasteiger partial charge in [0.25, 0.3) is 11.5 Å². The average molecular weight is 366 g/mol. The highest BCUT2D eigenvalue weighted by Crippen LogP contribution is 2.24. The lowest BCUT2D eigenvalue weighted by molar-refractivity contribution is 0.0709. The number of hydrogen-bond acceptors (Lipinski definition) is 4. The van der Waals surface area contributed by atoms with Gasteiger partial charge in [0, 0.05) is 43.4 Å². The Hall–Kier alpha value is -2.47. The number of carbonyl (C=O) groups excluding carboxylic acids is 1. The van der Waals surface area contributed by atoms with Crippen LogP contribution in [0, 0.1) is 0 Å². The van der Waals surface area contributed by atoms with Gasteiger partial charge in [0.2, 0.25) is 0 Å². The maximum atomic E-state index is 13.0. The third-order valence-corrected chi connectivity index (χ3v) is 5.69. The van der Waals surface area contributed by atoms with Gasteiger partial charge in [-0.25, -0.2) is 4.68 Å². The highest BCUT2D eigenvalue weighted by molar-refractivity contribution is 5.95. The van der Waals surface area contributed by atoms with Crippen LogP contribution in [0.25, 0.3) is 11.3 Å². The molecule has 2 aliphatic rings. The van der Waals surface area contributed by atoms with Gasteiger partial charge in [0.15, 0.2) is 0 Å². The van der Waals surface area contributed by atoms with E-state index in [1.165, 1.54) is 36.7 Å². The molecule has 6 heteroatoms. The van der Waals surface area contributed by atoms with Gasteiger partial charge in [-0.15, -0.1) is 0 Å². The Morgan fingerprint density at radius 2 is 1.78 bits per heavy atom. The van der Waals surface area contributed by atoms with E-state index < -0.39 is 0 Å². The fourth-order valence-electron chi connectivity index (χ4n) is 4.16. The Balaban J connectivity index is 1.48. The van der Waals surface area contributed by atoms with Crippen LogP contribution in [-0.4, -0.2) is 57.7 Å². The predicted molar refractivity (Wildman–Crippen MR) is 105 cm³/mol. The number of rotatable bonds is 4. The molecule has 4 rings (SSSR count). The second-order valence-electron chi connectivity index (χ2n) is 7.56. The molecule has 1 aromatic heterocycles. The summed E-state index contributed by atoms with van der Waals surface area (Å²) in [7, 11) is 1.64. The van der Waals surface area contributed by atoms with Crippen LogP contribution in [0.15, 0.2) is 41.2 Å². The number of benzene rings is 1. The van der Waals surface area contributed by atoms with E-state index in [1.807, 2.05) is 24.3 Å². The summed E-state index contributed by atoms with van der Waals surface area (Å²) in [5, 5.41) is 4.27. The summed E-state index contributed by atoms with van der Waals surface area (Å²) in [4.78, 5) is 29.1. The van der Waals surface area contributed by atoms with Crippen LogP contribution in [0.2, 0.25) is 0 Å². The molecule has 1 aromatic carbocycles. The minimum absolute atomic E-state index is 0.122. The van der Waals surface area contributed by atoms with Crippen molar-refractivity contribution in [2.45, 2.75) is 31.7 Å². The molecule has 27 heavy (non-hydrogen) atoms. The lowest BCUT2D eigenvalue weighted by atomic mass is 10.1. The quantitative estimate of drug-likeness (QED) is 0.832. The van der Waals surface area contributed by atoms with Gasteiger partial charge in [-0.2, -0.15) is 5.10 Å². The van der Waals surface area contributed by atoms with Gasteiger partial charge in [-0.3, -0.25) is 9.59 Å². The van der Waals surface area contributed by atoms with Crippen LogP contribution >= 0.6 is 0 Å². The zero-order chi connectivity index (χ0) is 18.8. The fraction of sp³-hybridized carbons (Fsp3) is 0.476. The maximum Gasteiger partial charge on any atom is 0.266 e. The Bertz CT molecular complexity index is 868. The van der Waals surface area contributed by atoms with Crippen molar-refractivity contribution in [3.63, 3.8) is 0 Å². The lowest BCUT2D eigenvalue weighted by Crippen LogP contribution is -2.42. The molecule has 142 valence electrons. The summed E-state index contributed by atoms with van der Waals surface area (Å²) < 4.78 is 1.32. The highest BCUT2D eigenvalue weighted by Gasteiger charge is 2.31. The monoisotopic (exact) mass is 366 g/mol. The molecule has 0 unspecified atom stereocenters. The number of likely N-dealkylation sites (tertiary alicyclic amines) is 2. The summed E-state index contributed by atoms with van der Waals surface area (Å²) >= 11 is 0. The van der Waals surface area contributed by atoms with Crippen molar-refractivity contribution < 1.29 is 4.79 Å². The number of aryl methyl sites for hydroxylation is 1. The van der Waals surface area contributed by atoms with Gasteiger partial charge in [-0.1, -0.05) is 12.1 Å². The second kappa shape index (κ2) is 7.64. The number of aromatic nitrogens is 2. The first-order chi connectivity index (χ1) is 13.1. The van der Waals surface area contributed by atoms with E-state index in [0.29, 0.717) is 6.04 Å². The molecule has 2 saturated heterocycles. The minimum Gasteiger partial charge on any atom is -0.334 e. The fourth-order valence-corrected chi connectivity index (χ4v) is 4.16. The van der Waals surface area contributed by atoms with Crippen molar-refractivity contribution in [3.8, 4) is 11.3 Å². The van der Waals surface area contributed by atoms with Crippen molar-refractivity contribution in [1.29, 1.82) is 0 Å². The number of carbonyl (C=O) groups is 1. The molecule has 1 amide bonds. The molecule has 0 N–H and O–H groups in total. The van der Waals surface area contributed by atoms with Gasteiger partial charge in [0.05, 0.1) is 5.69 Å². The van der Waals surface area contributed by atoms with Crippen LogP contribution in [0.3, 0.4) is 0 Å². The molecule has 0 spiro atoms. The molecule has 0 radical (unpaired) electrons. The summed E-state index contributed by atoms with van der Waals surface area (Å²) in [5.41, 5.74) is 2.21. The average Bonchev–Trinajstić information content (AvgIpc) is 3.36. The van der Waals surface area contributed by atoms with E-state index in [4.69, 9.17) is 0 Å². The van der Waals surface area contributed by atoms with E-state index in [1.54, 1.807) is 13.1 Å². The first-order valence-electron chi connectivity index (χ1n) is 9.80. The van der Waals surface area contributed by atoms with Crippen LogP contribution in [0.4, 0.5) is 0 Å². The number of amides is 1. The standard InChI is InChI=1S/C21H26N4O2/c1-23-20(26)11-10-19(22-23)16-6-8-17(9-7-16)21(27)25-14-4-5-18(25)15-24-12-2-3-13-24/h6-11,18H,2-5,12-15H2,1H3/t18-/m0/s1. The largest absolute Gasteiger partial charge is 0.334 e. The van der Waals surface area contributed by atoms with E-state index in [0.717, 1.165) is 42.8 Å². The van der Waals surface area contributed by atoms with E-state index in [-0.39, 0.29) is 11.5 Å². The molecule has 0 bridgehead atoms. The summed E-state index contributed by atoms with van der Waals surface area (Å²) in [6, 6.07) is 11.1. The normalized spacial score (nSPS) is 20.3. The second-order valence-corrected chi connectivity index (χ2v) is 7.56. The van der Waals surface area contributed by atoms with E-state index in [9.17, 15) is 9.59 Å². The summed E-state index contributed by atoms with van der Waals surface area (Å²) in [6.07, 6.45) is 4.75. The number of hydrogen-bond donors (Lipinski definition) is 0. The molecule has 1 atom stereocenters. The first-order valence-corrected chi connectivity index (χ1v) is 9.80. The van der Waals surface area contributed by atoms with Crippen molar-refractivity contribution in [1.82, 2.24) is 19.6 Å². The maximum absolute atomic E-state index is 13.0. The van der Waals surface area contributed by atoms with Crippen molar-refractivity contribution >= 4 is 5.91 Å². The van der Waals surface area contributed by atoms with Gasteiger partial charge >= 0.3 is 0 Å². The molecule has 3 heterocycles. The minimum atomic E-state index is -0.136. The number of nitrogens with zero attached hydrogens (tertiary/aromatic N) is 4. The summed E-state index contributed by atoms with van der Waals surface area (Å²) in [5.74, 6) is 0.122. The first kappa shape index (κ1) is 17.9. The highest BCUT2D eigenvalue weighted by atomic mass is 16.2. The van der Waals surface area contributed by atoms with Crippen LogP contribution < -0.4 is 5.56 Å². The molecule has 2 aromatic rings. The molecular weight excluding hydrogens is 340 g/mol. The lowest BCUT2D eigenvalue weighted by Gasteiger charge is -2.28. The zero-order valence-corrected chi connectivity index (χ0v) is 15.8. The Morgan fingerprint density at radius 1 is 1.04 bits per heavy atom. The molecule has 0 saturated carbocycles. The summed E-state index contributed by atoms with van der Waals surface area (Å²) in [6.45, 7) is 4.19. The third-order valence-electron chi connectivity index (χ3n) is 5.69. The molecular formula is C21H26N4O2. The third kappa shape index (κ3) is 3.81. The van der Waals surface area contributed by atoms with E-state index in [2.05, 4.69) is 14.9 Å². The molecule has 6 nitrogen and oxygen atoms in total. The molecule has 2 aliphatic heterocycles. The Labute approximate surface area is 159 Å². The van der Waals surface area contributed by atoms with Gasteiger partial charge < -0.3 is 9.80 Å². The van der Waals surface area contributed by atoms with E-state index >= 15 is 0 Å². The SMILES string of the molecule is Cn1nc(-c2ccc(C(=O)N3CCC[C@H]3CN3CCCC3)cc2)ccc1=O. The Kier molecular flexibility index (Phi) is 5.07. The van der Waals surface area contributed by atoms with Crippen molar-refractivity contribution in [3.05, 3.63) is 52.3 Å². The van der Waals surface area contributed by atoms with Crippen molar-refractivity contribution in [2.75, 3.05) is 26.2 Å². The Morgan fingerprint density at radius 3 is 2.48 bits per heavy atom. The van der Waals surface area contributed by atoms with Crippen LogP contribution in [0.5, 0.6) is 0 Å². The molecule has 0 aliphatic carbocycles.